The monoisotopic (exact) mass is 361 g/mol. The van der Waals surface area contributed by atoms with Gasteiger partial charge in [0.2, 0.25) is 0 Å². The third-order valence-electron chi connectivity index (χ3n) is 3.44. The lowest BCUT2D eigenvalue weighted by Gasteiger charge is -2.31. The second kappa shape index (κ2) is 6.78. The minimum absolute atomic E-state index is 0.255. The van der Waals surface area contributed by atoms with Gasteiger partial charge in [0.05, 0.1) is 12.1 Å². The predicted octanol–water partition coefficient (Wildman–Crippen LogP) is 3.63. The summed E-state index contributed by atoms with van der Waals surface area (Å²) in [6.07, 6.45) is 2.08. The highest BCUT2D eigenvalue weighted by molar-refractivity contribution is 9.10. The van der Waals surface area contributed by atoms with Gasteiger partial charge in [0, 0.05) is 29.8 Å². The van der Waals surface area contributed by atoms with E-state index in [4.69, 9.17) is 21.1 Å². The van der Waals surface area contributed by atoms with Crippen molar-refractivity contribution in [1.82, 2.24) is 0 Å². The standard InChI is InChI=1S/C14H17BrClNO3/c1-19-13(18)14(5-2-7-20-8-6-14)17-10-3-4-12(16)11(15)9-10/h3-4,9,17H,2,5-8H2,1H3. The van der Waals surface area contributed by atoms with Gasteiger partial charge in [-0.05, 0) is 47.0 Å². The maximum absolute atomic E-state index is 12.2. The highest BCUT2D eigenvalue weighted by Gasteiger charge is 2.40. The van der Waals surface area contributed by atoms with Crippen LogP contribution in [0, 0.1) is 0 Å². The first-order valence-electron chi connectivity index (χ1n) is 6.47. The number of benzene rings is 1. The zero-order chi connectivity index (χ0) is 14.6. The molecule has 0 amide bonds. The molecule has 0 saturated carbocycles. The van der Waals surface area contributed by atoms with Crippen molar-refractivity contribution >= 4 is 39.2 Å². The number of nitrogens with one attached hydrogen (secondary N) is 1. The molecule has 1 unspecified atom stereocenters. The molecule has 2 rings (SSSR count). The third kappa shape index (κ3) is 3.45. The molecule has 6 heteroatoms. The van der Waals surface area contributed by atoms with Crippen LogP contribution in [-0.4, -0.2) is 31.8 Å². The fourth-order valence-corrected chi connectivity index (χ4v) is 2.87. The first-order valence-corrected chi connectivity index (χ1v) is 7.64. The minimum Gasteiger partial charge on any atom is -0.467 e. The van der Waals surface area contributed by atoms with E-state index in [0.29, 0.717) is 31.1 Å². The highest BCUT2D eigenvalue weighted by Crippen LogP contribution is 2.31. The second-order valence-electron chi connectivity index (χ2n) is 4.79. The van der Waals surface area contributed by atoms with Crippen molar-refractivity contribution in [1.29, 1.82) is 0 Å². The van der Waals surface area contributed by atoms with Crippen LogP contribution in [0.2, 0.25) is 5.02 Å². The van der Waals surface area contributed by atoms with Crippen LogP contribution in [0.25, 0.3) is 0 Å². The Hall–Kier alpha value is -0.780. The molecule has 20 heavy (non-hydrogen) atoms. The number of anilines is 1. The van der Waals surface area contributed by atoms with E-state index < -0.39 is 5.54 Å². The van der Waals surface area contributed by atoms with Gasteiger partial charge in [-0.2, -0.15) is 0 Å². The van der Waals surface area contributed by atoms with E-state index in [1.54, 1.807) is 6.07 Å². The number of carbonyl (C=O) groups is 1. The molecule has 1 heterocycles. The molecular weight excluding hydrogens is 346 g/mol. The summed E-state index contributed by atoms with van der Waals surface area (Å²) in [5.74, 6) is -0.255. The Labute approximate surface area is 131 Å². The van der Waals surface area contributed by atoms with E-state index in [1.165, 1.54) is 7.11 Å². The van der Waals surface area contributed by atoms with E-state index in [-0.39, 0.29) is 5.97 Å². The smallest absolute Gasteiger partial charge is 0.331 e. The number of halogens is 2. The van der Waals surface area contributed by atoms with E-state index in [0.717, 1.165) is 16.6 Å². The zero-order valence-corrected chi connectivity index (χ0v) is 13.6. The molecule has 1 aromatic rings. The van der Waals surface area contributed by atoms with E-state index >= 15 is 0 Å². The number of methoxy groups -OCH3 is 1. The molecule has 0 bridgehead atoms. The summed E-state index contributed by atoms with van der Waals surface area (Å²) in [7, 11) is 1.41. The summed E-state index contributed by atoms with van der Waals surface area (Å²) in [6, 6.07) is 5.49. The number of rotatable bonds is 3. The fourth-order valence-electron chi connectivity index (χ4n) is 2.38. The van der Waals surface area contributed by atoms with Gasteiger partial charge in [-0.25, -0.2) is 4.79 Å². The number of carbonyl (C=O) groups excluding carboxylic acids is 1. The molecule has 110 valence electrons. The number of esters is 1. The molecule has 0 aromatic heterocycles. The molecule has 1 saturated heterocycles. The van der Waals surface area contributed by atoms with Crippen LogP contribution in [-0.2, 0) is 14.3 Å². The van der Waals surface area contributed by atoms with Crippen LogP contribution in [0.1, 0.15) is 19.3 Å². The lowest BCUT2D eigenvalue weighted by atomic mass is 9.90. The molecule has 1 aromatic carbocycles. The molecule has 0 radical (unpaired) electrons. The summed E-state index contributed by atoms with van der Waals surface area (Å²) in [5.41, 5.74) is 0.0898. The Balaban J connectivity index is 2.26. The van der Waals surface area contributed by atoms with Gasteiger partial charge < -0.3 is 14.8 Å². The van der Waals surface area contributed by atoms with Gasteiger partial charge in [-0.3, -0.25) is 0 Å². The van der Waals surface area contributed by atoms with Crippen LogP contribution >= 0.6 is 27.5 Å². The second-order valence-corrected chi connectivity index (χ2v) is 6.06. The van der Waals surface area contributed by atoms with E-state index in [1.807, 2.05) is 12.1 Å². The maximum atomic E-state index is 12.2. The van der Waals surface area contributed by atoms with Crippen molar-refractivity contribution in [3.63, 3.8) is 0 Å². The SMILES string of the molecule is COC(=O)C1(Nc2ccc(Cl)c(Br)c2)CCCOCC1. The van der Waals surface area contributed by atoms with Crippen molar-refractivity contribution in [2.45, 2.75) is 24.8 Å². The molecule has 1 aliphatic rings. The average Bonchev–Trinajstić information content (AvgIpc) is 2.68. The lowest BCUT2D eigenvalue weighted by Crippen LogP contribution is -2.47. The average molecular weight is 363 g/mol. The lowest BCUT2D eigenvalue weighted by molar-refractivity contribution is -0.146. The molecule has 0 aliphatic carbocycles. The normalized spacial score (nSPS) is 22.9. The summed E-state index contributed by atoms with van der Waals surface area (Å²) < 4.78 is 11.2. The van der Waals surface area contributed by atoms with Gasteiger partial charge in [0.15, 0.2) is 0 Å². The van der Waals surface area contributed by atoms with Crippen molar-refractivity contribution in [2.75, 3.05) is 25.6 Å². The molecule has 1 atom stereocenters. The molecule has 4 nitrogen and oxygen atoms in total. The third-order valence-corrected chi connectivity index (χ3v) is 4.66. The summed E-state index contributed by atoms with van der Waals surface area (Å²) in [6.45, 7) is 1.21. The van der Waals surface area contributed by atoms with Crippen molar-refractivity contribution < 1.29 is 14.3 Å². The van der Waals surface area contributed by atoms with Crippen molar-refractivity contribution in [2.24, 2.45) is 0 Å². The molecule has 1 N–H and O–H groups in total. The molecule has 0 spiro atoms. The van der Waals surface area contributed by atoms with Crippen LogP contribution < -0.4 is 5.32 Å². The Kier molecular flexibility index (Phi) is 5.29. The number of ether oxygens (including phenoxy) is 2. The van der Waals surface area contributed by atoms with Gasteiger partial charge in [-0.1, -0.05) is 11.6 Å². The van der Waals surface area contributed by atoms with Gasteiger partial charge >= 0.3 is 5.97 Å². The maximum Gasteiger partial charge on any atom is 0.331 e. The van der Waals surface area contributed by atoms with Crippen LogP contribution in [0.5, 0.6) is 0 Å². The molecule has 1 aliphatic heterocycles. The Morgan fingerprint density at radius 1 is 1.45 bits per heavy atom. The summed E-state index contributed by atoms with van der Waals surface area (Å²) >= 11 is 9.37. The summed E-state index contributed by atoms with van der Waals surface area (Å²) in [4.78, 5) is 12.2. The van der Waals surface area contributed by atoms with Crippen molar-refractivity contribution in [3.8, 4) is 0 Å². The van der Waals surface area contributed by atoms with Crippen LogP contribution in [0.4, 0.5) is 5.69 Å². The van der Waals surface area contributed by atoms with E-state index in [2.05, 4.69) is 21.2 Å². The van der Waals surface area contributed by atoms with Gasteiger partial charge in [-0.15, -0.1) is 0 Å². The Morgan fingerprint density at radius 2 is 2.25 bits per heavy atom. The minimum atomic E-state index is -0.738. The predicted molar refractivity (Wildman–Crippen MR) is 82.2 cm³/mol. The first kappa shape index (κ1) is 15.6. The quantitative estimate of drug-likeness (QED) is 0.834. The van der Waals surface area contributed by atoms with Gasteiger partial charge in [0.1, 0.15) is 5.54 Å². The highest BCUT2D eigenvalue weighted by atomic mass is 79.9. The molecule has 1 fully saturated rings. The largest absolute Gasteiger partial charge is 0.467 e. The first-order chi connectivity index (χ1) is 9.57. The number of hydrogen-bond donors (Lipinski definition) is 1. The fraction of sp³-hybridized carbons (Fsp3) is 0.500. The zero-order valence-electron chi connectivity index (χ0n) is 11.2. The summed E-state index contributed by atoms with van der Waals surface area (Å²) in [5, 5.41) is 3.94. The van der Waals surface area contributed by atoms with Crippen LogP contribution in [0.3, 0.4) is 0 Å². The topological polar surface area (TPSA) is 47.6 Å². The van der Waals surface area contributed by atoms with Gasteiger partial charge in [0.25, 0.3) is 0 Å². The van der Waals surface area contributed by atoms with E-state index in [9.17, 15) is 4.79 Å². The van der Waals surface area contributed by atoms with Crippen molar-refractivity contribution in [3.05, 3.63) is 27.7 Å². The number of hydrogen-bond acceptors (Lipinski definition) is 4. The molecular formula is C14H17BrClNO3. The van der Waals surface area contributed by atoms with Crippen LogP contribution in [0.15, 0.2) is 22.7 Å². The Bertz CT molecular complexity index is 487. The Morgan fingerprint density at radius 3 is 2.95 bits per heavy atom.